The summed E-state index contributed by atoms with van der Waals surface area (Å²) in [6.07, 6.45) is 1.72. The van der Waals surface area contributed by atoms with Crippen molar-refractivity contribution in [3.05, 3.63) is 35.0 Å². The Morgan fingerprint density at radius 1 is 1.38 bits per heavy atom. The molecule has 0 unspecified atom stereocenters. The number of aliphatic hydroxyl groups is 1. The predicted octanol–water partition coefficient (Wildman–Crippen LogP) is 2.28. The summed E-state index contributed by atoms with van der Waals surface area (Å²) in [6.45, 7) is 2.71. The number of hydrogen-bond donors (Lipinski definition) is 3. The standard InChI is InChI=1S/C18H22ClN3O2/c19-16-12-4-1-2-5-13(12)21-14(16)10-22-9-6-15(23)18(11-22)7-3-8-20-17(18)24/h1-2,4-5,15,21,23H,3,6-11H2,(H,20,24)/t15-,18-/m1/s1. The molecule has 2 aromatic rings. The van der Waals surface area contributed by atoms with Gasteiger partial charge in [0.2, 0.25) is 5.91 Å². The number of likely N-dealkylation sites (tertiary alicyclic amines) is 1. The second-order valence-electron chi connectivity index (χ2n) is 6.99. The highest BCUT2D eigenvalue weighted by Gasteiger charge is 2.49. The molecule has 6 heteroatoms. The van der Waals surface area contributed by atoms with Crippen LogP contribution in [0.5, 0.6) is 0 Å². The Balaban J connectivity index is 1.58. The average molecular weight is 348 g/mol. The maximum atomic E-state index is 12.5. The van der Waals surface area contributed by atoms with Crippen LogP contribution >= 0.6 is 11.6 Å². The number of rotatable bonds is 2. The van der Waals surface area contributed by atoms with Crippen molar-refractivity contribution in [1.82, 2.24) is 15.2 Å². The Bertz CT molecular complexity index is 775. The molecule has 0 radical (unpaired) electrons. The van der Waals surface area contributed by atoms with E-state index in [1.54, 1.807) is 0 Å². The summed E-state index contributed by atoms with van der Waals surface area (Å²) in [5.74, 6) is -0.00584. The Labute approximate surface area is 146 Å². The van der Waals surface area contributed by atoms with Crippen LogP contribution in [-0.4, -0.2) is 46.6 Å². The largest absolute Gasteiger partial charge is 0.392 e. The van der Waals surface area contributed by atoms with Crippen molar-refractivity contribution in [2.45, 2.75) is 31.9 Å². The molecule has 2 aliphatic heterocycles. The zero-order valence-electron chi connectivity index (χ0n) is 13.5. The molecule has 1 amide bonds. The van der Waals surface area contributed by atoms with Gasteiger partial charge in [0, 0.05) is 42.8 Å². The van der Waals surface area contributed by atoms with E-state index in [1.165, 1.54) is 0 Å². The van der Waals surface area contributed by atoms with Crippen molar-refractivity contribution in [2.24, 2.45) is 5.41 Å². The summed E-state index contributed by atoms with van der Waals surface area (Å²) < 4.78 is 0. The van der Waals surface area contributed by atoms with Crippen LogP contribution in [0.1, 0.15) is 25.0 Å². The third-order valence-electron chi connectivity index (χ3n) is 5.50. The van der Waals surface area contributed by atoms with E-state index in [-0.39, 0.29) is 5.91 Å². The van der Waals surface area contributed by atoms with Gasteiger partial charge in [0.05, 0.1) is 16.5 Å². The second kappa shape index (κ2) is 6.06. The minimum Gasteiger partial charge on any atom is -0.392 e. The van der Waals surface area contributed by atoms with Gasteiger partial charge in [-0.05, 0) is 25.3 Å². The minimum atomic E-state index is -0.672. The van der Waals surface area contributed by atoms with E-state index >= 15 is 0 Å². The lowest BCUT2D eigenvalue weighted by atomic mass is 9.71. The maximum absolute atomic E-state index is 12.5. The number of piperidine rings is 2. The first-order chi connectivity index (χ1) is 11.6. The smallest absolute Gasteiger partial charge is 0.230 e. The summed E-state index contributed by atoms with van der Waals surface area (Å²) in [5, 5.41) is 15.2. The van der Waals surface area contributed by atoms with Crippen LogP contribution in [0.15, 0.2) is 24.3 Å². The van der Waals surface area contributed by atoms with E-state index in [4.69, 9.17) is 11.6 Å². The first-order valence-corrected chi connectivity index (χ1v) is 8.92. The highest BCUT2D eigenvalue weighted by molar-refractivity contribution is 6.36. The predicted molar refractivity (Wildman–Crippen MR) is 93.9 cm³/mol. The van der Waals surface area contributed by atoms with Crippen LogP contribution < -0.4 is 5.32 Å². The fourth-order valence-corrected chi connectivity index (χ4v) is 4.43. The fraction of sp³-hybridized carbons (Fsp3) is 0.500. The van der Waals surface area contributed by atoms with E-state index < -0.39 is 11.5 Å². The number of carbonyl (C=O) groups excluding carboxylic acids is 1. The van der Waals surface area contributed by atoms with Crippen molar-refractivity contribution in [1.29, 1.82) is 0 Å². The summed E-state index contributed by atoms with van der Waals surface area (Å²) in [4.78, 5) is 18.1. The van der Waals surface area contributed by atoms with E-state index in [0.29, 0.717) is 26.1 Å². The summed E-state index contributed by atoms with van der Waals surface area (Å²) in [5.41, 5.74) is 1.33. The van der Waals surface area contributed by atoms with Crippen molar-refractivity contribution in [3.8, 4) is 0 Å². The van der Waals surface area contributed by atoms with Crippen molar-refractivity contribution >= 4 is 28.4 Å². The Morgan fingerprint density at radius 3 is 3.00 bits per heavy atom. The lowest BCUT2D eigenvalue weighted by Crippen LogP contribution is -2.61. The molecule has 3 N–H and O–H groups in total. The number of carbonyl (C=O) groups is 1. The van der Waals surface area contributed by atoms with Crippen LogP contribution in [0.3, 0.4) is 0 Å². The van der Waals surface area contributed by atoms with E-state index in [1.807, 2.05) is 24.3 Å². The monoisotopic (exact) mass is 347 g/mol. The van der Waals surface area contributed by atoms with Gasteiger partial charge in [-0.15, -0.1) is 0 Å². The Kier molecular flexibility index (Phi) is 4.03. The molecule has 24 heavy (non-hydrogen) atoms. The Hall–Kier alpha value is -1.56. The molecule has 128 valence electrons. The van der Waals surface area contributed by atoms with Gasteiger partial charge in [0.1, 0.15) is 0 Å². The first-order valence-electron chi connectivity index (χ1n) is 8.54. The number of fused-ring (bicyclic) bond motifs is 1. The maximum Gasteiger partial charge on any atom is 0.230 e. The van der Waals surface area contributed by atoms with Gasteiger partial charge in [0.15, 0.2) is 0 Å². The van der Waals surface area contributed by atoms with E-state index in [9.17, 15) is 9.90 Å². The number of H-pyrrole nitrogens is 1. The Morgan fingerprint density at radius 2 is 2.21 bits per heavy atom. The number of benzene rings is 1. The van der Waals surface area contributed by atoms with Crippen LogP contribution in [-0.2, 0) is 11.3 Å². The van der Waals surface area contributed by atoms with Crippen molar-refractivity contribution in [2.75, 3.05) is 19.6 Å². The molecule has 1 aromatic heterocycles. The number of aromatic amines is 1. The molecule has 2 fully saturated rings. The van der Waals surface area contributed by atoms with Gasteiger partial charge in [0.25, 0.3) is 0 Å². The summed E-state index contributed by atoms with van der Waals surface area (Å²) in [6, 6.07) is 7.98. The number of nitrogens with one attached hydrogen (secondary N) is 2. The van der Waals surface area contributed by atoms with Gasteiger partial charge in [-0.3, -0.25) is 9.69 Å². The number of halogens is 1. The normalized spacial score (nSPS) is 28.4. The van der Waals surface area contributed by atoms with Crippen molar-refractivity contribution in [3.63, 3.8) is 0 Å². The topological polar surface area (TPSA) is 68.4 Å². The first kappa shape index (κ1) is 15.9. The third-order valence-corrected chi connectivity index (χ3v) is 5.93. The highest BCUT2D eigenvalue weighted by atomic mass is 35.5. The number of nitrogens with zero attached hydrogens (tertiary/aromatic N) is 1. The van der Waals surface area contributed by atoms with Gasteiger partial charge >= 0.3 is 0 Å². The molecule has 1 aromatic carbocycles. The van der Waals surface area contributed by atoms with Gasteiger partial charge in [-0.2, -0.15) is 0 Å². The van der Waals surface area contributed by atoms with Crippen LogP contribution in [0, 0.1) is 5.41 Å². The molecular formula is C18H22ClN3O2. The molecule has 1 spiro atoms. The molecule has 2 atom stereocenters. The summed E-state index contributed by atoms with van der Waals surface area (Å²) in [7, 11) is 0. The molecule has 0 aliphatic carbocycles. The third kappa shape index (κ3) is 2.51. The number of amides is 1. The quantitative estimate of drug-likeness (QED) is 0.780. The zero-order valence-corrected chi connectivity index (χ0v) is 14.3. The minimum absolute atomic E-state index is 0.00584. The van der Waals surface area contributed by atoms with Gasteiger partial charge < -0.3 is 15.4 Å². The molecule has 3 heterocycles. The summed E-state index contributed by atoms with van der Waals surface area (Å²) >= 11 is 6.52. The molecule has 0 saturated carbocycles. The number of para-hydroxylation sites is 1. The van der Waals surface area contributed by atoms with E-state index in [0.717, 1.165) is 41.0 Å². The molecule has 2 saturated heterocycles. The van der Waals surface area contributed by atoms with Crippen LogP contribution in [0.25, 0.3) is 10.9 Å². The van der Waals surface area contributed by atoms with Gasteiger partial charge in [-0.25, -0.2) is 0 Å². The van der Waals surface area contributed by atoms with Crippen LogP contribution in [0.2, 0.25) is 5.02 Å². The SMILES string of the molecule is O=C1NCCC[C@]12CN(Cc1[nH]c3ccccc3c1Cl)CC[C@H]2O. The molecule has 0 bridgehead atoms. The zero-order chi connectivity index (χ0) is 16.7. The van der Waals surface area contributed by atoms with Gasteiger partial charge in [-0.1, -0.05) is 29.8 Å². The average Bonchev–Trinajstić information content (AvgIpc) is 2.90. The number of aromatic nitrogens is 1. The lowest BCUT2D eigenvalue weighted by molar-refractivity contribution is -0.149. The molecule has 4 rings (SSSR count). The number of hydrogen-bond acceptors (Lipinski definition) is 3. The fourth-order valence-electron chi connectivity index (χ4n) is 4.16. The second-order valence-corrected chi connectivity index (χ2v) is 7.37. The van der Waals surface area contributed by atoms with Crippen molar-refractivity contribution < 1.29 is 9.90 Å². The molecule has 2 aliphatic rings. The molecule has 5 nitrogen and oxygen atoms in total. The van der Waals surface area contributed by atoms with Crippen LogP contribution in [0.4, 0.5) is 0 Å². The molecular weight excluding hydrogens is 326 g/mol. The van der Waals surface area contributed by atoms with E-state index in [2.05, 4.69) is 15.2 Å². The number of aliphatic hydroxyl groups excluding tert-OH is 1. The lowest BCUT2D eigenvalue weighted by Gasteiger charge is -2.46. The highest BCUT2D eigenvalue weighted by Crippen LogP contribution is 2.38.